The summed E-state index contributed by atoms with van der Waals surface area (Å²) in [7, 11) is 0. The van der Waals surface area contributed by atoms with Crippen LogP contribution in [0, 0.1) is 0 Å². The largest absolute Gasteiger partial charge is 0.478 e. The fourth-order valence-corrected chi connectivity index (χ4v) is 1.81. The zero-order chi connectivity index (χ0) is 10.8. The van der Waals surface area contributed by atoms with E-state index in [0.29, 0.717) is 12.2 Å². The normalized spacial score (nSPS) is 18.5. The van der Waals surface area contributed by atoms with Crippen LogP contribution in [-0.2, 0) is 9.53 Å². The smallest absolute Gasteiger partial charge is 0.334 e. The van der Waals surface area contributed by atoms with E-state index < -0.39 is 12.1 Å². The second-order valence-corrected chi connectivity index (χ2v) is 3.37. The molecule has 0 aromatic heterocycles. The van der Waals surface area contributed by atoms with Gasteiger partial charge in [-0.15, -0.1) is 0 Å². The number of benzene rings is 1. The predicted molar refractivity (Wildman–Crippen MR) is 56.4 cm³/mol. The predicted octanol–water partition coefficient (Wildman–Crippen LogP) is 2.25. The molecule has 3 nitrogen and oxygen atoms in total. The lowest BCUT2D eigenvalue weighted by Crippen LogP contribution is -2.11. The summed E-state index contributed by atoms with van der Waals surface area (Å²) in [5.74, 6) is -0.912. The summed E-state index contributed by atoms with van der Waals surface area (Å²) < 4.78 is 5.45. The maximum atomic E-state index is 11.0. The number of hydrogen-bond donors (Lipinski definition) is 1. The molecular weight excluding hydrogens is 192 g/mol. The van der Waals surface area contributed by atoms with Crippen LogP contribution >= 0.6 is 0 Å². The molecule has 15 heavy (non-hydrogen) atoms. The van der Waals surface area contributed by atoms with Gasteiger partial charge < -0.3 is 9.84 Å². The van der Waals surface area contributed by atoms with Gasteiger partial charge in [-0.1, -0.05) is 24.3 Å². The number of aliphatic carboxylic acids is 1. The number of carboxylic acid groups (broad SMARTS) is 1. The molecule has 0 saturated carbocycles. The van der Waals surface area contributed by atoms with Crippen molar-refractivity contribution in [3.05, 3.63) is 41.0 Å². The minimum atomic E-state index is -0.912. The van der Waals surface area contributed by atoms with E-state index in [2.05, 4.69) is 0 Å². The van der Waals surface area contributed by atoms with E-state index >= 15 is 0 Å². The van der Waals surface area contributed by atoms with Crippen molar-refractivity contribution in [2.75, 3.05) is 6.61 Å². The van der Waals surface area contributed by atoms with Gasteiger partial charge in [-0.3, -0.25) is 0 Å². The number of hydrogen-bond acceptors (Lipinski definition) is 2. The van der Waals surface area contributed by atoms with Crippen molar-refractivity contribution in [3.8, 4) is 0 Å². The highest BCUT2D eigenvalue weighted by molar-refractivity contribution is 5.96. The van der Waals surface area contributed by atoms with Crippen LogP contribution in [0.2, 0.25) is 0 Å². The Kier molecular flexibility index (Phi) is 2.56. The maximum absolute atomic E-state index is 11.0. The zero-order valence-corrected chi connectivity index (χ0v) is 8.43. The fourth-order valence-electron chi connectivity index (χ4n) is 1.81. The Balaban J connectivity index is 2.42. The molecule has 0 spiro atoms. The van der Waals surface area contributed by atoms with Gasteiger partial charge in [0.2, 0.25) is 0 Å². The average molecular weight is 204 g/mol. The van der Waals surface area contributed by atoms with Crippen molar-refractivity contribution >= 4 is 12.0 Å². The Morgan fingerprint density at radius 3 is 2.87 bits per heavy atom. The SMILES string of the molecule is CCOC1C(C(=O)O)=Cc2ccccc21. The number of ether oxygens (including phenoxy) is 1. The minimum absolute atomic E-state index is 0.318. The van der Waals surface area contributed by atoms with Crippen molar-refractivity contribution < 1.29 is 14.6 Å². The fraction of sp³-hybridized carbons (Fsp3) is 0.250. The van der Waals surface area contributed by atoms with E-state index in [0.717, 1.165) is 11.1 Å². The third-order valence-electron chi connectivity index (χ3n) is 2.45. The molecule has 3 heteroatoms. The number of fused-ring (bicyclic) bond motifs is 1. The number of carbonyl (C=O) groups is 1. The highest BCUT2D eigenvalue weighted by Gasteiger charge is 2.29. The lowest BCUT2D eigenvalue weighted by Gasteiger charge is -2.13. The van der Waals surface area contributed by atoms with Crippen LogP contribution in [0.5, 0.6) is 0 Å². The van der Waals surface area contributed by atoms with Crippen molar-refractivity contribution in [1.82, 2.24) is 0 Å². The van der Waals surface area contributed by atoms with Crippen LogP contribution in [0.15, 0.2) is 29.8 Å². The molecule has 1 N–H and O–H groups in total. The van der Waals surface area contributed by atoms with Gasteiger partial charge in [0.05, 0.1) is 5.57 Å². The van der Waals surface area contributed by atoms with Crippen molar-refractivity contribution in [2.45, 2.75) is 13.0 Å². The first-order chi connectivity index (χ1) is 7.24. The van der Waals surface area contributed by atoms with Gasteiger partial charge >= 0.3 is 5.97 Å². The standard InChI is InChI=1S/C12H12O3/c1-2-15-11-9-6-4-3-5-8(9)7-10(11)12(13)14/h3-7,11H,2H2,1H3,(H,13,14). The summed E-state index contributed by atoms with van der Waals surface area (Å²) in [5, 5.41) is 9.03. The van der Waals surface area contributed by atoms with E-state index in [1.165, 1.54) is 0 Å². The van der Waals surface area contributed by atoms with Crippen LogP contribution < -0.4 is 0 Å². The Bertz CT molecular complexity index is 421. The second kappa shape index (κ2) is 3.87. The van der Waals surface area contributed by atoms with E-state index in [-0.39, 0.29) is 0 Å². The summed E-state index contributed by atoms with van der Waals surface area (Å²) in [6.45, 7) is 2.37. The number of carboxylic acids is 1. The summed E-state index contributed by atoms with van der Waals surface area (Å²) in [5.41, 5.74) is 2.20. The summed E-state index contributed by atoms with van der Waals surface area (Å²) in [6, 6.07) is 7.59. The van der Waals surface area contributed by atoms with Crippen molar-refractivity contribution in [1.29, 1.82) is 0 Å². The van der Waals surface area contributed by atoms with Gasteiger partial charge in [0, 0.05) is 6.61 Å². The first kappa shape index (κ1) is 9.93. The molecule has 1 aromatic carbocycles. The van der Waals surface area contributed by atoms with E-state index in [1.54, 1.807) is 6.08 Å². The molecule has 1 aliphatic rings. The molecule has 0 bridgehead atoms. The van der Waals surface area contributed by atoms with Gasteiger partial charge in [-0.05, 0) is 24.1 Å². The van der Waals surface area contributed by atoms with Crippen LogP contribution in [0.3, 0.4) is 0 Å². The topological polar surface area (TPSA) is 46.5 Å². The summed E-state index contributed by atoms with van der Waals surface area (Å²) >= 11 is 0. The molecule has 0 aliphatic heterocycles. The molecule has 0 amide bonds. The van der Waals surface area contributed by atoms with Gasteiger partial charge in [0.25, 0.3) is 0 Å². The Morgan fingerprint density at radius 1 is 1.47 bits per heavy atom. The third-order valence-corrected chi connectivity index (χ3v) is 2.45. The Hall–Kier alpha value is -1.61. The summed E-state index contributed by atoms with van der Waals surface area (Å²) in [6.07, 6.45) is 1.27. The van der Waals surface area contributed by atoms with Crippen LogP contribution in [-0.4, -0.2) is 17.7 Å². The lowest BCUT2D eigenvalue weighted by atomic mass is 10.1. The van der Waals surface area contributed by atoms with Crippen LogP contribution in [0.25, 0.3) is 6.08 Å². The van der Waals surface area contributed by atoms with Crippen molar-refractivity contribution in [2.24, 2.45) is 0 Å². The third kappa shape index (κ3) is 1.66. The quantitative estimate of drug-likeness (QED) is 0.821. The molecule has 78 valence electrons. The van der Waals surface area contributed by atoms with Gasteiger partial charge in [-0.2, -0.15) is 0 Å². The number of rotatable bonds is 3. The van der Waals surface area contributed by atoms with E-state index in [9.17, 15) is 4.79 Å². The molecule has 1 atom stereocenters. The van der Waals surface area contributed by atoms with E-state index in [1.807, 2.05) is 31.2 Å². The molecule has 1 aliphatic carbocycles. The first-order valence-electron chi connectivity index (χ1n) is 4.89. The first-order valence-corrected chi connectivity index (χ1v) is 4.89. The molecule has 0 fully saturated rings. The molecule has 1 aromatic rings. The molecule has 1 unspecified atom stereocenters. The zero-order valence-electron chi connectivity index (χ0n) is 8.43. The van der Waals surface area contributed by atoms with Crippen molar-refractivity contribution in [3.63, 3.8) is 0 Å². The highest BCUT2D eigenvalue weighted by atomic mass is 16.5. The summed E-state index contributed by atoms with van der Waals surface area (Å²) in [4.78, 5) is 11.0. The Morgan fingerprint density at radius 2 is 2.20 bits per heavy atom. The monoisotopic (exact) mass is 204 g/mol. The molecule has 2 rings (SSSR count). The molecular formula is C12H12O3. The average Bonchev–Trinajstić information content (AvgIpc) is 2.58. The lowest BCUT2D eigenvalue weighted by molar-refractivity contribution is -0.134. The van der Waals surface area contributed by atoms with Gasteiger partial charge in [0.1, 0.15) is 6.10 Å². The molecule has 0 radical (unpaired) electrons. The molecule has 0 saturated heterocycles. The maximum Gasteiger partial charge on any atom is 0.334 e. The van der Waals surface area contributed by atoms with Crippen LogP contribution in [0.1, 0.15) is 24.2 Å². The van der Waals surface area contributed by atoms with Crippen LogP contribution in [0.4, 0.5) is 0 Å². The highest BCUT2D eigenvalue weighted by Crippen LogP contribution is 2.36. The molecule has 0 heterocycles. The van der Waals surface area contributed by atoms with E-state index in [4.69, 9.17) is 9.84 Å². The minimum Gasteiger partial charge on any atom is -0.478 e. The second-order valence-electron chi connectivity index (χ2n) is 3.37. The van der Waals surface area contributed by atoms with Gasteiger partial charge in [0.15, 0.2) is 0 Å². The van der Waals surface area contributed by atoms with Gasteiger partial charge in [-0.25, -0.2) is 4.79 Å². The Labute approximate surface area is 88.0 Å².